The second-order valence-corrected chi connectivity index (χ2v) is 5.82. The number of unbranched alkanes of at least 4 members (excludes halogenated alkanes) is 1. The molecule has 5 heteroatoms. The number of benzene rings is 1. The highest BCUT2D eigenvalue weighted by molar-refractivity contribution is 7.19. The van der Waals surface area contributed by atoms with Gasteiger partial charge >= 0.3 is 0 Å². The van der Waals surface area contributed by atoms with Crippen molar-refractivity contribution in [2.75, 3.05) is 13.1 Å². The van der Waals surface area contributed by atoms with Gasteiger partial charge in [-0.1, -0.05) is 31.5 Å². The minimum atomic E-state index is -0.598. The van der Waals surface area contributed by atoms with Crippen molar-refractivity contribution in [2.45, 2.75) is 25.9 Å². The van der Waals surface area contributed by atoms with Crippen LogP contribution in [0.3, 0.4) is 0 Å². The average Bonchev–Trinajstić information content (AvgIpc) is 2.89. The van der Waals surface area contributed by atoms with Crippen LogP contribution >= 0.6 is 11.3 Å². The van der Waals surface area contributed by atoms with Gasteiger partial charge in [-0.15, -0.1) is 11.3 Å². The van der Waals surface area contributed by atoms with Gasteiger partial charge in [0.25, 0.3) is 0 Å². The van der Waals surface area contributed by atoms with Crippen molar-refractivity contribution in [1.82, 2.24) is 5.32 Å². The molecule has 0 radical (unpaired) electrons. The number of nitrogens with one attached hydrogen (secondary N) is 1. The fourth-order valence-electron chi connectivity index (χ4n) is 1.89. The summed E-state index contributed by atoms with van der Waals surface area (Å²) in [5.74, 6) is 0.401. The SMILES string of the molecule is CCCCNC(N)=NCC(O)c1cc2ccccc2s1. The summed E-state index contributed by atoms with van der Waals surface area (Å²) in [6.45, 7) is 3.24. The van der Waals surface area contributed by atoms with E-state index in [0.29, 0.717) is 5.96 Å². The second-order valence-electron chi connectivity index (χ2n) is 4.71. The second kappa shape index (κ2) is 7.26. The first kappa shape index (κ1) is 14.8. The van der Waals surface area contributed by atoms with E-state index < -0.39 is 6.10 Å². The highest BCUT2D eigenvalue weighted by Crippen LogP contribution is 2.29. The molecular formula is C15H21N3OS. The van der Waals surface area contributed by atoms with Gasteiger partial charge in [0, 0.05) is 16.1 Å². The number of nitrogens with two attached hydrogens (primary N) is 1. The fourth-order valence-corrected chi connectivity index (χ4v) is 2.93. The van der Waals surface area contributed by atoms with Crippen LogP contribution in [-0.2, 0) is 0 Å². The van der Waals surface area contributed by atoms with E-state index in [1.807, 2.05) is 24.3 Å². The molecule has 0 aliphatic heterocycles. The summed E-state index contributed by atoms with van der Waals surface area (Å²) in [6, 6.07) is 10.1. The normalized spacial score (nSPS) is 13.6. The number of nitrogens with zero attached hydrogens (tertiary/aromatic N) is 1. The van der Waals surface area contributed by atoms with Gasteiger partial charge in [-0.25, -0.2) is 0 Å². The van der Waals surface area contributed by atoms with Gasteiger partial charge in [0.05, 0.1) is 6.54 Å². The number of aliphatic hydroxyl groups is 1. The van der Waals surface area contributed by atoms with Crippen molar-refractivity contribution >= 4 is 27.4 Å². The van der Waals surface area contributed by atoms with E-state index in [-0.39, 0.29) is 6.54 Å². The van der Waals surface area contributed by atoms with Crippen LogP contribution in [0.2, 0.25) is 0 Å². The van der Waals surface area contributed by atoms with Crippen LogP contribution in [-0.4, -0.2) is 24.2 Å². The van der Waals surface area contributed by atoms with E-state index in [4.69, 9.17) is 5.73 Å². The lowest BCUT2D eigenvalue weighted by molar-refractivity contribution is 0.191. The van der Waals surface area contributed by atoms with E-state index in [2.05, 4.69) is 23.3 Å². The van der Waals surface area contributed by atoms with Crippen LogP contribution in [0.25, 0.3) is 10.1 Å². The standard InChI is InChI=1S/C15H21N3OS/c1-2-3-8-17-15(16)18-10-12(19)14-9-11-6-4-5-7-13(11)20-14/h4-7,9,12,19H,2-3,8,10H2,1H3,(H3,16,17,18). The zero-order valence-electron chi connectivity index (χ0n) is 11.7. The number of hydrogen-bond donors (Lipinski definition) is 3. The molecule has 20 heavy (non-hydrogen) atoms. The summed E-state index contributed by atoms with van der Waals surface area (Å²) in [7, 11) is 0. The molecule has 4 nitrogen and oxygen atoms in total. The molecule has 1 aromatic carbocycles. The Balaban J connectivity index is 1.94. The Morgan fingerprint density at radius 3 is 3.00 bits per heavy atom. The summed E-state index contributed by atoms with van der Waals surface area (Å²) < 4.78 is 1.18. The number of thiophene rings is 1. The van der Waals surface area contributed by atoms with E-state index in [1.165, 1.54) is 4.70 Å². The van der Waals surface area contributed by atoms with Crippen molar-refractivity contribution in [3.63, 3.8) is 0 Å². The van der Waals surface area contributed by atoms with Crippen LogP contribution < -0.4 is 11.1 Å². The molecule has 0 aliphatic carbocycles. The minimum absolute atomic E-state index is 0.289. The Bertz CT molecular complexity index is 546. The van der Waals surface area contributed by atoms with Gasteiger partial charge in [0.1, 0.15) is 6.10 Å². The first-order valence-corrected chi connectivity index (χ1v) is 7.72. The summed E-state index contributed by atoms with van der Waals surface area (Å²) >= 11 is 1.60. The molecule has 4 N–H and O–H groups in total. The summed E-state index contributed by atoms with van der Waals surface area (Å²) in [6.07, 6.45) is 1.58. The molecule has 1 atom stereocenters. The van der Waals surface area contributed by atoms with Gasteiger partial charge < -0.3 is 16.2 Å². The molecular weight excluding hydrogens is 270 g/mol. The number of fused-ring (bicyclic) bond motifs is 1. The maximum absolute atomic E-state index is 10.2. The Hall–Kier alpha value is -1.59. The quantitative estimate of drug-likeness (QED) is 0.435. The fraction of sp³-hybridized carbons (Fsp3) is 0.400. The van der Waals surface area contributed by atoms with Crippen LogP contribution in [0.1, 0.15) is 30.7 Å². The third-order valence-electron chi connectivity index (χ3n) is 3.04. The predicted molar refractivity (Wildman–Crippen MR) is 86.2 cm³/mol. The molecule has 0 aliphatic rings. The molecule has 0 saturated carbocycles. The lowest BCUT2D eigenvalue weighted by atomic mass is 10.2. The summed E-state index contributed by atoms with van der Waals surface area (Å²) in [4.78, 5) is 5.11. The molecule has 0 spiro atoms. The van der Waals surface area contributed by atoms with Crippen molar-refractivity contribution in [3.8, 4) is 0 Å². The molecule has 0 amide bonds. The first-order chi connectivity index (χ1) is 9.70. The van der Waals surface area contributed by atoms with Crippen LogP contribution in [0.5, 0.6) is 0 Å². The topological polar surface area (TPSA) is 70.6 Å². The minimum Gasteiger partial charge on any atom is -0.386 e. The van der Waals surface area contributed by atoms with Crippen molar-refractivity contribution in [3.05, 3.63) is 35.2 Å². The summed E-state index contributed by atoms with van der Waals surface area (Å²) in [5, 5.41) is 14.4. The average molecular weight is 291 g/mol. The molecule has 0 fully saturated rings. The molecule has 0 bridgehead atoms. The lowest BCUT2D eigenvalue weighted by Gasteiger charge is -2.07. The Kier molecular flexibility index (Phi) is 5.38. The van der Waals surface area contributed by atoms with Crippen LogP contribution in [0.15, 0.2) is 35.3 Å². The third kappa shape index (κ3) is 3.95. The van der Waals surface area contributed by atoms with E-state index in [1.54, 1.807) is 11.3 Å². The van der Waals surface area contributed by atoms with Gasteiger partial charge in [0.2, 0.25) is 0 Å². The zero-order chi connectivity index (χ0) is 14.4. The van der Waals surface area contributed by atoms with Crippen molar-refractivity contribution in [1.29, 1.82) is 0 Å². The van der Waals surface area contributed by atoms with Crippen LogP contribution in [0, 0.1) is 0 Å². The van der Waals surface area contributed by atoms with Crippen LogP contribution in [0.4, 0.5) is 0 Å². The maximum Gasteiger partial charge on any atom is 0.188 e. The molecule has 2 aromatic rings. The van der Waals surface area contributed by atoms with E-state index in [0.717, 1.165) is 29.6 Å². The van der Waals surface area contributed by atoms with Gasteiger partial charge in [-0.3, -0.25) is 4.99 Å². The Labute approximate surface area is 123 Å². The van der Waals surface area contributed by atoms with Gasteiger partial charge in [-0.05, 0) is 23.9 Å². The predicted octanol–water partition coefficient (Wildman–Crippen LogP) is 2.64. The molecule has 1 aromatic heterocycles. The first-order valence-electron chi connectivity index (χ1n) is 6.91. The van der Waals surface area contributed by atoms with E-state index >= 15 is 0 Å². The zero-order valence-corrected chi connectivity index (χ0v) is 12.5. The molecule has 0 saturated heterocycles. The Morgan fingerprint density at radius 2 is 2.25 bits per heavy atom. The highest BCUT2D eigenvalue weighted by Gasteiger charge is 2.10. The smallest absolute Gasteiger partial charge is 0.188 e. The molecule has 2 rings (SSSR count). The number of aliphatic hydroxyl groups excluding tert-OH is 1. The van der Waals surface area contributed by atoms with Gasteiger partial charge in [0.15, 0.2) is 5.96 Å². The van der Waals surface area contributed by atoms with Gasteiger partial charge in [-0.2, -0.15) is 0 Å². The van der Waals surface area contributed by atoms with E-state index in [9.17, 15) is 5.11 Å². The number of rotatable bonds is 6. The Morgan fingerprint density at radius 1 is 1.45 bits per heavy atom. The third-order valence-corrected chi connectivity index (χ3v) is 4.26. The highest BCUT2D eigenvalue weighted by atomic mass is 32.1. The monoisotopic (exact) mass is 291 g/mol. The molecule has 1 unspecified atom stereocenters. The summed E-state index contributed by atoms with van der Waals surface area (Å²) in [5.41, 5.74) is 5.75. The molecule has 1 heterocycles. The van der Waals surface area contributed by atoms with Crippen molar-refractivity contribution in [2.24, 2.45) is 10.7 Å². The maximum atomic E-state index is 10.2. The number of aliphatic imine (C=N–C) groups is 1. The number of guanidine groups is 1. The largest absolute Gasteiger partial charge is 0.386 e. The molecule has 108 valence electrons. The van der Waals surface area contributed by atoms with Crippen molar-refractivity contribution < 1.29 is 5.11 Å². The number of hydrogen-bond acceptors (Lipinski definition) is 3. The lowest BCUT2D eigenvalue weighted by Crippen LogP contribution is -2.32.